The smallest absolute Gasteiger partial charge is 0.336 e. The van der Waals surface area contributed by atoms with Gasteiger partial charge in [0, 0.05) is 4.48 Å². The van der Waals surface area contributed by atoms with Gasteiger partial charge in [0.05, 0.1) is 15.8 Å². The number of alkyl halides is 1. The molecular weight excluding hydrogens is 368 g/mol. The molecule has 100 valence electrons. The van der Waals surface area contributed by atoms with E-state index < -0.39 is 22.2 Å². The molecule has 1 aliphatic rings. The zero-order chi connectivity index (χ0) is 14.1. The number of allylic oxidation sites excluding steroid dienone is 1. The van der Waals surface area contributed by atoms with Gasteiger partial charge in [-0.25, -0.2) is 4.79 Å². The van der Waals surface area contributed by atoms with Gasteiger partial charge in [-0.3, -0.25) is 4.79 Å². The molecule has 0 saturated carbocycles. The third-order valence-electron chi connectivity index (χ3n) is 3.20. The average molecular weight is 382 g/mol. The standard InChI is InChI=1S/C12H14Br2O4/c1-3-6-9(11(17)18)8(13)5-7(10(15)16)12(6,14)4-2/h5,7H,3-4H2,1-2H3,(H,15,16)(H,17,18). The molecule has 1 aliphatic carbocycles. The molecule has 0 aromatic rings. The van der Waals surface area contributed by atoms with Crippen LogP contribution in [0.2, 0.25) is 0 Å². The third kappa shape index (κ3) is 2.40. The number of carboxylic acid groups (broad SMARTS) is 2. The van der Waals surface area contributed by atoms with Crippen molar-refractivity contribution >= 4 is 43.8 Å². The molecule has 4 nitrogen and oxygen atoms in total. The lowest BCUT2D eigenvalue weighted by Gasteiger charge is -2.37. The molecule has 0 amide bonds. The first-order valence-electron chi connectivity index (χ1n) is 5.55. The van der Waals surface area contributed by atoms with E-state index in [0.717, 1.165) is 0 Å². The number of hydrogen-bond acceptors (Lipinski definition) is 2. The van der Waals surface area contributed by atoms with Crippen molar-refractivity contribution in [2.24, 2.45) is 5.92 Å². The molecule has 0 spiro atoms. The van der Waals surface area contributed by atoms with Crippen molar-refractivity contribution in [3.63, 3.8) is 0 Å². The maximum atomic E-state index is 11.3. The molecule has 0 heterocycles. The van der Waals surface area contributed by atoms with Crippen LogP contribution in [0.4, 0.5) is 0 Å². The minimum atomic E-state index is -1.05. The van der Waals surface area contributed by atoms with Crippen molar-refractivity contribution in [3.05, 3.63) is 21.7 Å². The molecule has 0 radical (unpaired) electrons. The Hall–Kier alpha value is -0.620. The first kappa shape index (κ1) is 15.4. The van der Waals surface area contributed by atoms with Crippen LogP contribution in [-0.4, -0.2) is 26.5 Å². The quantitative estimate of drug-likeness (QED) is 0.732. The van der Waals surface area contributed by atoms with Gasteiger partial charge in [-0.1, -0.05) is 51.8 Å². The van der Waals surface area contributed by atoms with E-state index in [1.807, 2.05) is 13.8 Å². The van der Waals surface area contributed by atoms with Crippen LogP contribution in [0.15, 0.2) is 21.7 Å². The summed E-state index contributed by atoms with van der Waals surface area (Å²) in [5.41, 5.74) is 0.771. The molecule has 0 aliphatic heterocycles. The SMILES string of the molecule is CCC1=C(C(=O)O)C(Br)=CC(C(=O)O)C1(Br)CC. The van der Waals surface area contributed by atoms with Crippen molar-refractivity contribution in [2.75, 3.05) is 0 Å². The Morgan fingerprint density at radius 3 is 2.28 bits per heavy atom. The van der Waals surface area contributed by atoms with Gasteiger partial charge < -0.3 is 10.2 Å². The van der Waals surface area contributed by atoms with Gasteiger partial charge in [0.2, 0.25) is 0 Å². The van der Waals surface area contributed by atoms with Crippen molar-refractivity contribution < 1.29 is 19.8 Å². The largest absolute Gasteiger partial charge is 0.481 e. The Morgan fingerprint density at radius 2 is 1.94 bits per heavy atom. The molecule has 2 N–H and O–H groups in total. The molecule has 0 aromatic carbocycles. The van der Waals surface area contributed by atoms with Crippen LogP contribution < -0.4 is 0 Å². The lowest BCUT2D eigenvalue weighted by Crippen LogP contribution is -2.40. The summed E-state index contributed by atoms with van der Waals surface area (Å²) in [5, 5.41) is 18.6. The summed E-state index contributed by atoms with van der Waals surface area (Å²) in [5.74, 6) is -2.80. The van der Waals surface area contributed by atoms with Gasteiger partial charge in [-0.2, -0.15) is 0 Å². The lowest BCUT2D eigenvalue weighted by molar-refractivity contribution is -0.141. The predicted molar refractivity (Wildman–Crippen MR) is 75.0 cm³/mol. The fraction of sp³-hybridized carbons (Fsp3) is 0.500. The molecule has 2 atom stereocenters. The summed E-state index contributed by atoms with van der Waals surface area (Å²) in [6.07, 6.45) is 2.43. The monoisotopic (exact) mass is 380 g/mol. The summed E-state index contributed by atoms with van der Waals surface area (Å²) in [6, 6.07) is 0. The maximum absolute atomic E-state index is 11.3. The highest BCUT2D eigenvalue weighted by Crippen LogP contribution is 2.48. The molecule has 6 heteroatoms. The molecule has 0 bridgehead atoms. The molecule has 0 saturated heterocycles. The van der Waals surface area contributed by atoms with Gasteiger partial charge in [0.15, 0.2) is 0 Å². The number of rotatable bonds is 4. The lowest BCUT2D eigenvalue weighted by atomic mass is 9.76. The van der Waals surface area contributed by atoms with Crippen LogP contribution in [-0.2, 0) is 9.59 Å². The van der Waals surface area contributed by atoms with E-state index in [-0.39, 0.29) is 5.57 Å². The topological polar surface area (TPSA) is 74.6 Å². The van der Waals surface area contributed by atoms with Crippen LogP contribution in [0, 0.1) is 5.92 Å². The Balaban J connectivity index is 3.52. The Morgan fingerprint density at radius 1 is 1.39 bits per heavy atom. The minimum absolute atomic E-state index is 0.161. The Labute approximate surface area is 122 Å². The minimum Gasteiger partial charge on any atom is -0.481 e. The van der Waals surface area contributed by atoms with Crippen LogP contribution in [0.3, 0.4) is 0 Å². The van der Waals surface area contributed by atoms with Gasteiger partial charge in [0.1, 0.15) is 0 Å². The second kappa shape index (κ2) is 5.57. The summed E-state index contributed by atoms with van der Waals surface area (Å²) >= 11 is 6.62. The van der Waals surface area contributed by atoms with Gasteiger partial charge in [0.25, 0.3) is 0 Å². The predicted octanol–water partition coefficient (Wildman–Crippen LogP) is 3.31. The van der Waals surface area contributed by atoms with Crippen LogP contribution >= 0.6 is 31.9 Å². The van der Waals surface area contributed by atoms with Crippen molar-refractivity contribution in [2.45, 2.75) is 31.0 Å². The molecule has 0 aromatic heterocycles. The number of halogens is 2. The van der Waals surface area contributed by atoms with Crippen LogP contribution in [0.5, 0.6) is 0 Å². The summed E-state index contributed by atoms with van der Waals surface area (Å²) in [4.78, 5) is 22.7. The van der Waals surface area contributed by atoms with Crippen molar-refractivity contribution in [1.29, 1.82) is 0 Å². The molecule has 18 heavy (non-hydrogen) atoms. The van der Waals surface area contributed by atoms with E-state index in [2.05, 4.69) is 31.9 Å². The first-order chi connectivity index (χ1) is 8.29. The second-order valence-corrected chi connectivity index (χ2v) is 6.33. The Kier molecular flexibility index (Phi) is 4.78. The molecular formula is C12H14Br2O4. The summed E-state index contributed by atoms with van der Waals surface area (Å²) < 4.78 is -0.499. The number of carboxylic acids is 2. The zero-order valence-electron chi connectivity index (χ0n) is 10.0. The average Bonchev–Trinajstić information content (AvgIpc) is 2.30. The van der Waals surface area contributed by atoms with E-state index in [1.165, 1.54) is 6.08 Å². The van der Waals surface area contributed by atoms with Gasteiger partial charge in [-0.05, 0) is 18.4 Å². The van der Waals surface area contributed by atoms with Crippen LogP contribution in [0.1, 0.15) is 26.7 Å². The van der Waals surface area contributed by atoms with E-state index >= 15 is 0 Å². The second-order valence-electron chi connectivity index (χ2n) is 4.06. The highest BCUT2D eigenvalue weighted by atomic mass is 79.9. The molecule has 2 unspecified atom stereocenters. The van der Waals surface area contributed by atoms with Crippen LogP contribution in [0.25, 0.3) is 0 Å². The fourth-order valence-electron chi connectivity index (χ4n) is 2.30. The summed E-state index contributed by atoms with van der Waals surface area (Å²) in [6.45, 7) is 3.67. The van der Waals surface area contributed by atoms with Crippen molar-refractivity contribution in [3.8, 4) is 0 Å². The molecule has 1 rings (SSSR count). The van der Waals surface area contributed by atoms with E-state index in [4.69, 9.17) is 0 Å². The van der Waals surface area contributed by atoms with E-state index in [1.54, 1.807) is 0 Å². The number of carbonyl (C=O) groups is 2. The Bertz CT molecular complexity index is 453. The zero-order valence-corrected chi connectivity index (χ0v) is 13.2. The number of hydrogen-bond donors (Lipinski definition) is 2. The maximum Gasteiger partial charge on any atom is 0.336 e. The highest BCUT2D eigenvalue weighted by molar-refractivity contribution is 9.12. The third-order valence-corrected chi connectivity index (χ3v) is 5.39. The summed E-state index contributed by atoms with van der Waals surface area (Å²) in [7, 11) is 0. The van der Waals surface area contributed by atoms with E-state index in [0.29, 0.717) is 22.9 Å². The van der Waals surface area contributed by atoms with E-state index in [9.17, 15) is 19.8 Å². The molecule has 0 fully saturated rings. The normalized spacial score (nSPS) is 28.0. The van der Waals surface area contributed by atoms with Crippen molar-refractivity contribution in [1.82, 2.24) is 0 Å². The fourth-order valence-corrected chi connectivity index (χ4v) is 3.78. The highest BCUT2D eigenvalue weighted by Gasteiger charge is 2.46. The number of aliphatic carboxylic acids is 2. The van der Waals surface area contributed by atoms with Gasteiger partial charge >= 0.3 is 11.9 Å². The van der Waals surface area contributed by atoms with Gasteiger partial charge in [-0.15, -0.1) is 0 Å². The first-order valence-corrected chi connectivity index (χ1v) is 7.14.